The molecule has 0 atom stereocenters. The molecule has 0 bridgehead atoms. The van der Waals surface area contributed by atoms with Crippen molar-refractivity contribution >= 4 is 16.7 Å². The summed E-state index contributed by atoms with van der Waals surface area (Å²) in [4.78, 5) is 0. The van der Waals surface area contributed by atoms with Crippen molar-refractivity contribution in [3.05, 3.63) is 54.1 Å². The van der Waals surface area contributed by atoms with Crippen molar-refractivity contribution in [2.24, 2.45) is 0 Å². The van der Waals surface area contributed by atoms with Crippen LogP contribution in [0.4, 0.5) is 5.69 Å². The standard InChI is InChI=1S/C16H18N4/c1-12(2)13-7-9-14(10-8-13)17-11-20-16-6-4-3-5-15(16)18-19-20/h3-10,12,17H,11H2,1-2H3. The van der Waals surface area contributed by atoms with E-state index in [-0.39, 0.29) is 0 Å². The molecule has 4 nitrogen and oxygen atoms in total. The van der Waals surface area contributed by atoms with Crippen LogP contribution in [0.15, 0.2) is 48.5 Å². The molecule has 1 aromatic heterocycles. The average Bonchev–Trinajstić information content (AvgIpc) is 2.89. The average molecular weight is 266 g/mol. The van der Waals surface area contributed by atoms with Crippen LogP contribution in [-0.4, -0.2) is 15.0 Å². The zero-order chi connectivity index (χ0) is 13.9. The highest BCUT2D eigenvalue weighted by molar-refractivity contribution is 5.73. The van der Waals surface area contributed by atoms with Gasteiger partial charge < -0.3 is 5.32 Å². The molecule has 0 amide bonds. The van der Waals surface area contributed by atoms with Gasteiger partial charge in [-0.1, -0.05) is 43.3 Å². The lowest BCUT2D eigenvalue weighted by Gasteiger charge is -2.09. The lowest BCUT2D eigenvalue weighted by molar-refractivity contribution is 0.655. The van der Waals surface area contributed by atoms with E-state index in [1.54, 1.807) is 0 Å². The molecule has 4 heteroatoms. The number of anilines is 1. The van der Waals surface area contributed by atoms with Crippen LogP contribution < -0.4 is 5.32 Å². The fourth-order valence-corrected chi connectivity index (χ4v) is 2.19. The first-order valence-corrected chi connectivity index (χ1v) is 6.86. The minimum atomic E-state index is 0.559. The van der Waals surface area contributed by atoms with Gasteiger partial charge in [0, 0.05) is 5.69 Å². The maximum Gasteiger partial charge on any atom is 0.113 e. The van der Waals surface area contributed by atoms with Gasteiger partial charge in [-0.05, 0) is 35.7 Å². The first kappa shape index (κ1) is 12.7. The highest BCUT2D eigenvalue weighted by Crippen LogP contribution is 2.17. The normalized spacial score (nSPS) is 11.2. The van der Waals surface area contributed by atoms with Gasteiger partial charge >= 0.3 is 0 Å². The number of aromatic nitrogens is 3. The fraction of sp³-hybridized carbons (Fsp3) is 0.250. The second-order valence-electron chi connectivity index (χ2n) is 5.19. The van der Waals surface area contributed by atoms with Gasteiger partial charge in [0.25, 0.3) is 0 Å². The molecule has 102 valence electrons. The molecule has 1 N–H and O–H groups in total. The summed E-state index contributed by atoms with van der Waals surface area (Å²) in [5.41, 5.74) is 4.40. The smallest absolute Gasteiger partial charge is 0.113 e. The van der Waals surface area contributed by atoms with Gasteiger partial charge in [-0.3, -0.25) is 0 Å². The molecule has 0 aliphatic heterocycles. The Morgan fingerprint density at radius 2 is 1.80 bits per heavy atom. The number of para-hydroxylation sites is 1. The summed E-state index contributed by atoms with van der Waals surface area (Å²) in [7, 11) is 0. The summed E-state index contributed by atoms with van der Waals surface area (Å²) >= 11 is 0. The van der Waals surface area contributed by atoms with Crippen molar-refractivity contribution in [2.45, 2.75) is 26.4 Å². The molecule has 0 fully saturated rings. The van der Waals surface area contributed by atoms with Crippen LogP contribution in [0.3, 0.4) is 0 Å². The first-order valence-electron chi connectivity index (χ1n) is 6.86. The molecule has 0 aliphatic carbocycles. The highest BCUT2D eigenvalue weighted by atomic mass is 15.4. The number of hydrogen-bond acceptors (Lipinski definition) is 3. The molecule has 20 heavy (non-hydrogen) atoms. The van der Waals surface area contributed by atoms with E-state index >= 15 is 0 Å². The van der Waals surface area contributed by atoms with E-state index in [2.05, 4.69) is 53.7 Å². The molecule has 3 rings (SSSR count). The lowest BCUT2D eigenvalue weighted by Crippen LogP contribution is -2.09. The Morgan fingerprint density at radius 3 is 2.55 bits per heavy atom. The molecule has 0 unspecified atom stereocenters. The Balaban J connectivity index is 1.73. The third-order valence-corrected chi connectivity index (χ3v) is 3.43. The number of nitrogens with zero attached hydrogens (tertiary/aromatic N) is 3. The van der Waals surface area contributed by atoms with E-state index in [1.807, 2.05) is 28.9 Å². The van der Waals surface area contributed by atoms with Gasteiger partial charge in [0.15, 0.2) is 0 Å². The Morgan fingerprint density at radius 1 is 1.05 bits per heavy atom. The molecule has 0 aliphatic rings. The summed E-state index contributed by atoms with van der Waals surface area (Å²) in [5.74, 6) is 0.559. The summed E-state index contributed by atoms with van der Waals surface area (Å²) in [6, 6.07) is 16.5. The number of nitrogens with one attached hydrogen (secondary N) is 1. The number of fused-ring (bicyclic) bond motifs is 1. The van der Waals surface area contributed by atoms with Crippen LogP contribution in [-0.2, 0) is 6.67 Å². The van der Waals surface area contributed by atoms with Gasteiger partial charge in [-0.15, -0.1) is 5.10 Å². The monoisotopic (exact) mass is 266 g/mol. The lowest BCUT2D eigenvalue weighted by atomic mass is 10.0. The van der Waals surface area contributed by atoms with Crippen LogP contribution in [0.25, 0.3) is 11.0 Å². The Hall–Kier alpha value is -2.36. The third kappa shape index (κ3) is 2.50. The molecule has 2 aromatic carbocycles. The van der Waals surface area contributed by atoms with Crippen LogP contribution in [0.1, 0.15) is 25.3 Å². The Bertz CT molecular complexity index is 698. The van der Waals surface area contributed by atoms with Crippen molar-refractivity contribution in [3.8, 4) is 0 Å². The topological polar surface area (TPSA) is 42.7 Å². The maximum absolute atomic E-state index is 4.16. The molecular weight excluding hydrogens is 248 g/mol. The fourth-order valence-electron chi connectivity index (χ4n) is 2.19. The minimum Gasteiger partial charge on any atom is -0.366 e. The summed E-state index contributed by atoms with van der Waals surface area (Å²) in [6.45, 7) is 5.01. The quantitative estimate of drug-likeness (QED) is 0.784. The van der Waals surface area contributed by atoms with Gasteiger partial charge in [0.05, 0.1) is 5.52 Å². The molecule has 1 heterocycles. The highest BCUT2D eigenvalue weighted by Gasteiger charge is 2.03. The van der Waals surface area contributed by atoms with Gasteiger partial charge in [0.1, 0.15) is 12.2 Å². The Kier molecular flexibility index (Phi) is 3.37. The molecule has 0 saturated carbocycles. The van der Waals surface area contributed by atoms with Gasteiger partial charge in [-0.2, -0.15) is 0 Å². The minimum absolute atomic E-state index is 0.559. The van der Waals surface area contributed by atoms with Gasteiger partial charge in [0.2, 0.25) is 0 Å². The van der Waals surface area contributed by atoms with E-state index in [4.69, 9.17) is 0 Å². The van der Waals surface area contributed by atoms with Gasteiger partial charge in [-0.25, -0.2) is 4.68 Å². The van der Waals surface area contributed by atoms with Crippen LogP contribution >= 0.6 is 0 Å². The first-order chi connectivity index (χ1) is 9.74. The van der Waals surface area contributed by atoms with Crippen LogP contribution in [0, 0.1) is 0 Å². The second-order valence-corrected chi connectivity index (χ2v) is 5.19. The van der Waals surface area contributed by atoms with E-state index in [0.717, 1.165) is 16.7 Å². The van der Waals surface area contributed by atoms with Crippen molar-refractivity contribution in [3.63, 3.8) is 0 Å². The summed E-state index contributed by atoms with van der Waals surface area (Å²) < 4.78 is 1.87. The van der Waals surface area contributed by atoms with Crippen LogP contribution in [0.5, 0.6) is 0 Å². The predicted molar refractivity (Wildman–Crippen MR) is 81.7 cm³/mol. The molecule has 3 aromatic rings. The molecule has 0 radical (unpaired) electrons. The summed E-state index contributed by atoms with van der Waals surface area (Å²) in [5, 5.41) is 11.7. The number of hydrogen-bond donors (Lipinski definition) is 1. The molecule has 0 spiro atoms. The van der Waals surface area contributed by atoms with Crippen LogP contribution in [0.2, 0.25) is 0 Å². The molecular formula is C16H18N4. The Labute approximate surface area is 118 Å². The third-order valence-electron chi connectivity index (χ3n) is 3.43. The zero-order valence-corrected chi connectivity index (χ0v) is 11.7. The summed E-state index contributed by atoms with van der Waals surface area (Å²) in [6.07, 6.45) is 0. The maximum atomic E-state index is 4.16. The van der Waals surface area contributed by atoms with E-state index < -0.39 is 0 Å². The van der Waals surface area contributed by atoms with E-state index in [0.29, 0.717) is 12.6 Å². The van der Waals surface area contributed by atoms with Crippen molar-refractivity contribution in [2.75, 3.05) is 5.32 Å². The predicted octanol–water partition coefficient (Wildman–Crippen LogP) is 3.62. The largest absolute Gasteiger partial charge is 0.366 e. The number of benzene rings is 2. The zero-order valence-electron chi connectivity index (χ0n) is 11.7. The van der Waals surface area contributed by atoms with E-state index in [9.17, 15) is 0 Å². The van der Waals surface area contributed by atoms with Crippen molar-refractivity contribution in [1.82, 2.24) is 15.0 Å². The van der Waals surface area contributed by atoms with Crippen molar-refractivity contribution < 1.29 is 0 Å². The van der Waals surface area contributed by atoms with E-state index in [1.165, 1.54) is 5.56 Å². The second kappa shape index (κ2) is 5.33. The number of rotatable bonds is 4. The molecule has 0 saturated heterocycles. The van der Waals surface area contributed by atoms with Crippen molar-refractivity contribution in [1.29, 1.82) is 0 Å². The SMILES string of the molecule is CC(C)c1ccc(NCn2nnc3ccccc32)cc1.